The van der Waals surface area contributed by atoms with Crippen molar-refractivity contribution in [2.24, 2.45) is 0 Å². The lowest BCUT2D eigenvalue weighted by Gasteiger charge is -1.93. The largest absolute Gasteiger partial charge is 0.481 e. The average molecular weight is 254 g/mol. The Labute approximate surface area is 101 Å². The summed E-state index contributed by atoms with van der Waals surface area (Å²) in [5.74, 6) is 0.0902. The van der Waals surface area contributed by atoms with Crippen molar-refractivity contribution in [3.8, 4) is 11.5 Å². The third kappa shape index (κ3) is 2.68. The molecule has 0 amide bonds. The second-order valence-electron chi connectivity index (χ2n) is 3.17. The maximum atomic E-state index is 10.4. The molecule has 0 aliphatic carbocycles. The zero-order valence-electron chi connectivity index (χ0n) is 9.04. The van der Waals surface area contributed by atoms with Crippen LogP contribution in [0.1, 0.15) is 12.7 Å². The summed E-state index contributed by atoms with van der Waals surface area (Å²) in [4.78, 5) is 10.4. The molecule has 0 bridgehead atoms. The molecule has 0 fully saturated rings. The molecule has 0 aromatic carbocycles. The second-order valence-corrected chi connectivity index (χ2v) is 4.09. The Hall–Kier alpha value is -1.76. The molecule has 0 unspecified atom stereocenters. The molecule has 0 spiro atoms. The molecule has 1 N–H and O–H groups in total. The minimum absolute atomic E-state index is 0.104. The lowest BCUT2D eigenvalue weighted by molar-refractivity contribution is -0.133. The third-order valence-electron chi connectivity index (χ3n) is 2.02. The predicted molar refractivity (Wildman–Crippen MR) is 59.7 cm³/mol. The maximum absolute atomic E-state index is 10.4. The topological polar surface area (TPSA) is 89.4 Å². The molecule has 17 heavy (non-hydrogen) atoms. The molecule has 0 atom stereocenters. The summed E-state index contributed by atoms with van der Waals surface area (Å²) in [5.41, 5.74) is 0.752. The summed E-state index contributed by atoms with van der Waals surface area (Å²) >= 11 is 0.990. The summed E-state index contributed by atoms with van der Waals surface area (Å²) in [6, 6.07) is 1.75. The number of thioether (sulfide) groups is 1. The van der Waals surface area contributed by atoms with E-state index < -0.39 is 5.97 Å². The van der Waals surface area contributed by atoms with E-state index in [0.29, 0.717) is 5.89 Å². The normalized spacial score (nSPS) is 10.6. The summed E-state index contributed by atoms with van der Waals surface area (Å²) in [6.45, 7) is 1.96. The molecule has 0 radical (unpaired) electrons. The van der Waals surface area contributed by atoms with Crippen molar-refractivity contribution in [1.82, 2.24) is 10.2 Å². The van der Waals surface area contributed by atoms with E-state index in [4.69, 9.17) is 13.9 Å². The van der Waals surface area contributed by atoms with E-state index in [-0.39, 0.29) is 11.0 Å². The zero-order chi connectivity index (χ0) is 12.3. The van der Waals surface area contributed by atoms with Gasteiger partial charge >= 0.3 is 5.97 Å². The highest BCUT2D eigenvalue weighted by molar-refractivity contribution is 7.99. The molecule has 0 saturated heterocycles. The van der Waals surface area contributed by atoms with Gasteiger partial charge in [0.2, 0.25) is 0 Å². The molecular weight excluding hydrogens is 244 g/mol. The molecule has 0 aliphatic rings. The fourth-order valence-electron chi connectivity index (χ4n) is 1.31. The second kappa shape index (κ2) is 5.05. The Kier molecular flexibility index (Phi) is 3.48. The van der Waals surface area contributed by atoms with Gasteiger partial charge in [0.15, 0.2) is 0 Å². The van der Waals surface area contributed by atoms with E-state index in [9.17, 15) is 4.79 Å². The van der Waals surface area contributed by atoms with Gasteiger partial charge in [0, 0.05) is 6.42 Å². The predicted octanol–water partition coefficient (Wildman–Crippen LogP) is 2.07. The first-order chi connectivity index (χ1) is 8.20. The van der Waals surface area contributed by atoms with Crippen LogP contribution in [0.4, 0.5) is 0 Å². The highest BCUT2D eigenvalue weighted by Gasteiger charge is 2.15. The van der Waals surface area contributed by atoms with Crippen LogP contribution in [-0.4, -0.2) is 27.0 Å². The van der Waals surface area contributed by atoms with Crippen LogP contribution >= 0.6 is 11.8 Å². The molecule has 7 heteroatoms. The number of nitrogens with zero attached hydrogens (tertiary/aromatic N) is 2. The van der Waals surface area contributed by atoms with Gasteiger partial charge in [0.05, 0.1) is 11.8 Å². The number of carboxylic acids is 1. The molecular formula is C10H10N2O4S. The Morgan fingerprint density at radius 3 is 3.06 bits per heavy atom. The fourth-order valence-corrected chi connectivity index (χ4v) is 1.79. The van der Waals surface area contributed by atoms with Gasteiger partial charge in [-0.2, -0.15) is 0 Å². The first kappa shape index (κ1) is 11.7. The minimum atomic E-state index is -0.924. The van der Waals surface area contributed by atoms with Gasteiger partial charge in [0.1, 0.15) is 11.5 Å². The molecule has 0 aliphatic heterocycles. The standard InChI is InChI=1S/C10H10N2O4S/c1-2-7-6(3-4-15-7)9-11-12-10(16-9)17-5-8(13)14/h3-4H,2,5H2,1H3,(H,13,14). The highest BCUT2D eigenvalue weighted by Crippen LogP contribution is 2.26. The SMILES string of the molecule is CCc1occc1-c1nnc(SCC(=O)O)o1. The van der Waals surface area contributed by atoms with Crippen molar-refractivity contribution in [3.63, 3.8) is 0 Å². The van der Waals surface area contributed by atoms with Crippen LogP contribution in [0.3, 0.4) is 0 Å². The average Bonchev–Trinajstić information content (AvgIpc) is 2.94. The Balaban J connectivity index is 2.15. The van der Waals surface area contributed by atoms with Crippen LogP contribution in [0.2, 0.25) is 0 Å². The summed E-state index contributed by atoms with van der Waals surface area (Å²) in [5, 5.41) is 16.4. The number of hydrogen-bond acceptors (Lipinski definition) is 6. The quantitative estimate of drug-likeness (QED) is 0.817. The Morgan fingerprint density at radius 1 is 1.53 bits per heavy atom. The summed E-state index contributed by atoms with van der Waals surface area (Å²) < 4.78 is 10.6. The van der Waals surface area contributed by atoms with Crippen LogP contribution in [0.15, 0.2) is 26.4 Å². The number of rotatable bonds is 5. The number of aryl methyl sites for hydroxylation is 1. The highest BCUT2D eigenvalue weighted by atomic mass is 32.2. The Bertz CT molecular complexity index is 520. The summed E-state index contributed by atoms with van der Waals surface area (Å²) in [6.07, 6.45) is 2.28. The van der Waals surface area contributed by atoms with Gasteiger partial charge in [-0.15, -0.1) is 10.2 Å². The number of hydrogen-bond donors (Lipinski definition) is 1. The van der Waals surface area contributed by atoms with Gasteiger partial charge in [-0.3, -0.25) is 4.79 Å². The first-order valence-electron chi connectivity index (χ1n) is 4.95. The van der Waals surface area contributed by atoms with E-state index in [1.165, 1.54) is 0 Å². The lowest BCUT2D eigenvalue weighted by Crippen LogP contribution is -1.97. The van der Waals surface area contributed by atoms with E-state index in [1.807, 2.05) is 6.92 Å². The molecule has 0 saturated carbocycles. The van der Waals surface area contributed by atoms with Crippen molar-refractivity contribution in [2.45, 2.75) is 18.6 Å². The van der Waals surface area contributed by atoms with Gasteiger partial charge in [0.25, 0.3) is 11.1 Å². The van der Waals surface area contributed by atoms with Crippen LogP contribution < -0.4 is 0 Å². The van der Waals surface area contributed by atoms with Crippen LogP contribution in [0, 0.1) is 0 Å². The molecule has 2 aromatic heterocycles. The van der Waals surface area contributed by atoms with E-state index in [2.05, 4.69) is 10.2 Å². The summed E-state index contributed by atoms with van der Waals surface area (Å²) in [7, 11) is 0. The lowest BCUT2D eigenvalue weighted by atomic mass is 10.2. The van der Waals surface area contributed by atoms with Gasteiger partial charge in [-0.25, -0.2) is 0 Å². The maximum Gasteiger partial charge on any atom is 0.314 e. The van der Waals surface area contributed by atoms with Gasteiger partial charge in [-0.05, 0) is 6.07 Å². The van der Waals surface area contributed by atoms with Gasteiger partial charge in [-0.1, -0.05) is 18.7 Å². The van der Waals surface area contributed by atoms with Crippen molar-refractivity contribution >= 4 is 17.7 Å². The van der Waals surface area contributed by atoms with Crippen molar-refractivity contribution in [1.29, 1.82) is 0 Å². The molecule has 90 valence electrons. The van der Waals surface area contributed by atoms with Crippen molar-refractivity contribution < 1.29 is 18.7 Å². The smallest absolute Gasteiger partial charge is 0.314 e. The molecule has 2 aromatic rings. The number of carbonyl (C=O) groups is 1. The van der Waals surface area contributed by atoms with E-state index in [1.54, 1.807) is 12.3 Å². The monoisotopic (exact) mass is 254 g/mol. The number of aromatic nitrogens is 2. The number of aliphatic carboxylic acids is 1. The molecule has 2 heterocycles. The third-order valence-corrected chi connectivity index (χ3v) is 2.83. The van der Waals surface area contributed by atoms with Crippen LogP contribution in [0.5, 0.6) is 0 Å². The molecule has 6 nitrogen and oxygen atoms in total. The zero-order valence-corrected chi connectivity index (χ0v) is 9.86. The number of carboxylic acid groups (broad SMARTS) is 1. The molecule has 2 rings (SSSR count). The van der Waals surface area contributed by atoms with Crippen molar-refractivity contribution in [3.05, 3.63) is 18.1 Å². The Morgan fingerprint density at radius 2 is 2.35 bits per heavy atom. The van der Waals surface area contributed by atoms with Crippen molar-refractivity contribution in [2.75, 3.05) is 5.75 Å². The van der Waals surface area contributed by atoms with Crippen LogP contribution in [0.25, 0.3) is 11.5 Å². The fraction of sp³-hybridized carbons (Fsp3) is 0.300. The van der Waals surface area contributed by atoms with Crippen LogP contribution in [-0.2, 0) is 11.2 Å². The van der Waals surface area contributed by atoms with Gasteiger partial charge < -0.3 is 13.9 Å². The minimum Gasteiger partial charge on any atom is -0.481 e. The van der Waals surface area contributed by atoms with E-state index in [0.717, 1.165) is 29.5 Å². The number of furan rings is 1. The van der Waals surface area contributed by atoms with E-state index >= 15 is 0 Å². The first-order valence-corrected chi connectivity index (χ1v) is 5.94.